The van der Waals surface area contributed by atoms with Crippen LogP contribution in [-0.4, -0.2) is 263 Å². The van der Waals surface area contributed by atoms with Gasteiger partial charge in [0.05, 0.1) is 24.5 Å². The number of amides is 7. The minimum atomic E-state index is -1.19. The van der Waals surface area contributed by atoms with E-state index in [1.165, 1.54) is 62.3 Å². The SMILES string of the molecule is CCC(OC(=O)CCC(=O)C[S-](=P)=S)C(=O)N(CCCNC(=O)CCCCCCCO[C@@H]1OC(COC(C)=O)[C@H](OC(C)=O)[C@H](C)C1NC(C)=O)CCCN(CCCNC(=O)CCCCCCCO[C@@H]1OC(COC(C)=O)[C@H](OC(C)=O)[C@H](C)C1NC(C)=O)C(=O)CCCCCCCO[C@@H]1OC(COC(C)=O)[C@H](OC(C)=O)[C@H](C)C1NC(C)=O. The Hall–Kier alpha value is -7.12. The molecule has 119 heavy (non-hydrogen) atoms. The molecular formula is C81H135N7O28PS2-. The molecule has 5 N–H and O–H groups in total. The maximum absolute atomic E-state index is 14.5. The topological polar surface area (TPSA) is 443 Å². The number of unbranched alkanes of at least 4 members (excludes halogenated alkanes) is 12. The standard InChI is InChI=1S/C81H135N7O28PS2/c1-14-64(113-71(102)37-36-63(98)50-119(117)118)78(103)88(41-31-39-83-69(100)34-25-19-16-22-28-45-105-80-73(85-55(6)90)52(3)76(111-61(12)96)66(115-80)48-108-58(9)93)43-32-42-87(70(101)35-26-20-17-23-29-46-106-81-74(86-56(7)91)53(4)77(112-62(13)97)67(116-81)49-109-59(10)94)40-30-38-82-68(99)33-24-18-15-21-27-44-104-79-72(84-54(5)89)51(2)75(110-60(11)95)65(114-79)47-107-57(8)92/h51-53,64-67,72-77,79-81,117H,14-50H2,1-13H3,(H,82,99)(H,83,100)(H,84,89)(H,85,90)(H,86,91)/q-1/t51-,52-,53-,64?,65?,66?,67?,72?,73?,74?,75-,76-,77-,79-,80-,81-/m1/s1. The van der Waals surface area contributed by atoms with Gasteiger partial charge in [-0.15, -0.1) is 0 Å². The lowest BCUT2D eigenvalue weighted by atomic mass is 9.88. The molecule has 3 rings (SSSR count). The number of nitrogens with zero attached hydrogens (tertiary/aromatic N) is 2. The number of Topliss-reactive ketones (excluding diaryl/α,β-unsaturated/α-hetero) is 1. The Morgan fingerprint density at radius 2 is 0.739 bits per heavy atom. The second-order valence-electron chi connectivity index (χ2n) is 30.6. The van der Waals surface area contributed by atoms with Crippen molar-refractivity contribution in [3.8, 4) is 0 Å². The minimum absolute atomic E-state index is 0.0582. The first-order valence-electron chi connectivity index (χ1n) is 42.0. The molecule has 7 amide bonds. The molecule has 0 aliphatic carbocycles. The molecule has 0 aromatic heterocycles. The summed E-state index contributed by atoms with van der Waals surface area (Å²) in [6.45, 7) is 20.2. The molecule has 0 aromatic carbocycles. The van der Waals surface area contributed by atoms with Crippen LogP contribution in [0, 0.1) is 17.8 Å². The van der Waals surface area contributed by atoms with Gasteiger partial charge < -0.3 is 111 Å². The molecule has 0 saturated carbocycles. The number of ketones is 1. The molecule has 38 heteroatoms. The number of nitrogens with one attached hydrogen (secondary N) is 5. The van der Waals surface area contributed by atoms with E-state index in [4.69, 9.17) is 72.8 Å². The molecule has 35 nitrogen and oxygen atoms in total. The maximum atomic E-state index is 14.5. The Morgan fingerprint density at radius 3 is 1.08 bits per heavy atom. The fourth-order valence-electron chi connectivity index (χ4n) is 14.2. The van der Waals surface area contributed by atoms with E-state index in [9.17, 15) is 71.9 Å². The average molecular weight is 1750 g/mol. The van der Waals surface area contributed by atoms with Gasteiger partial charge in [0.25, 0.3) is 5.91 Å². The molecular weight excluding hydrogens is 1610 g/mol. The number of ether oxygens (including phenoxy) is 13. The average Bonchev–Trinajstić information content (AvgIpc) is 0.807. The molecule has 3 fully saturated rings. The van der Waals surface area contributed by atoms with Gasteiger partial charge in [0.15, 0.2) is 25.0 Å². The van der Waals surface area contributed by atoms with E-state index >= 15 is 0 Å². The molecule has 0 radical (unpaired) electrons. The van der Waals surface area contributed by atoms with Crippen LogP contribution in [0.5, 0.6) is 0 Å². The summed E-state index contributed by atoms with van der Waals surface area (Å²) in [5.74, 6) is -7.56. The van der Waals surface area contributed by atoms with Crippen molar-refractivity contribution in [1.82, 2.24) is 36.4 Å². The van der Waals surface area contributed by atoms with E-state index in [0.29, 0.717) is 64.2 Å². The predicted molar refractivity (Wildman–Crippen MR) is 439 cm³/mol. The Balaban J connectivity index is 1.67. The van der Waals surface area contributed by atoms with Crippen LogP contribution in [0.15, 0.2) is 0 Å². The van der Waals surface area contributed by atoms with Crippen molar-refractivity contribution in [1.29, 1.82) is 0 Å². The highest BCUT2D eigenvalue weighted by molar-refractivity contribution is 8.39. The van der Waals surface area contributed by atoms with Gasteiger partial charge in [-0.3, -0.25) is 86.3 Å². The molecule has 3 heterocycles. The quantitative estimate of drug-likeness (QED) is 0.0153. The van der Waals surface area contributed by atoms with Gasteiger partial charge in [-0.2, -0.15) is 0 Å². The van der Waals surface area contributed by atoms with Crippen LogP contribution in [0.1, 0.15) is 244 Å². The van der Waals surface area contributed by atoms with Crippen LogP contribution < -0.4 is 26.6 Å². The summed E-state index contributed by atoms with van der Waals surface area (Å²) >= 11 is 5.10. The van der Waals surface area contributed by atoms with Crippen LogP contribution in [-0.2, 0) is 153 Å². The van der Waals surface area contributed by atoms with Crippen molar-refractivity contribution in [2.45, 2.75) is 324 Å². The van der Waals surface area contributed by atoms with E-state index in [1.54, 1.807) is 37.5 Å². The predicted octanol–water partition coefficient (Wildman–Crippen LogP) is 6.01. The number of carbonyl (C=O) groups excluding carboxylic acids is 15. The lowest BCUT2D eigenvalue weighted by Crippen LogP contribution is -2.62. The summed E-state index contributed by atoms with van der Waals surface area (Å²) in [6.07, 6.45) is 2.94. The highest BCUT2D eigenvalue weighted by Crippen LogP contribution is 2.34. The van der Waals surface area contributed by atoms with E-state index in [-0.39, 0.29) is 164 Å². The van der Waals surface area contributed by atoms with Gasteiger partial charge in [-0.05, 0) is 64.2 Å². The zero-order valence-electron chi connectivity index (χ0n) is 72.0. The van der Waals surface area contributed by atoms with Crippen molar-refractivity contribution >= 4 is 117 Å². The summed E-state index contributed by atoms with van der Waals surface area (Å²) in [5, 5.41) is 14.5. The van der Waals surface area contributed by atoms with E-state index < -0.39 is 154 Å². The third-order valence-electron chi connectivity index (χ3n) is 20.2. The van der Waals surface area contributed by atoms with Gasteiger partial charge in [0.1, 0.15) is 62.2 Å². The molecule has 16 atom stereocenters. The lowest BCUT2D eigenvalue weighted by Gasteiger charge is -2.44. The first-order valence-corrected chi connectivity index (χ1v) is 45.5. The van der Waals surface area contributed by atoms with Crippen LogP contribution in [0.25, 0.3) is 0 Å². The molecule has 0 bridgehead atoms. The first-order chi connectivity index (χ1) is 56.5. The first kappa shape index (κ1) is 106. The summed E-state index contributed by atoms with van der Waals surface area (Å²) in [4.78, 5) is 192. The van der Waals surface area contributed by atoms with Crippen molar-refractivity contribution in [3.05, 3.63) is 0 Å². The summed E-state index contributed by atoms with van der Waals surface area (Å²) in [5.41, 5.74) is 0. The van der Waals surface area contributed by atoms with E-state index in [0.717, 1.165) is 51.4 Å². The molecule has 680 valence electrons. The summed E-state index contributed by atoms with van der Waals surface area (Å²) in [6, 6.07) is -2.02. The summed E-state index contributed by atoms with van der Waals surface area (Å²) in [7, 11) is 2.49. The molecule has 3 aliphatic rings. The second-order valence-corrected chi connectivity index (χ2v) is 35.1. The van der Waals surface area contributed by atoms with Crippen molar-refractivity contribution in [2.24, 2.45) is 17.8 Å². The van der Waals surface area contributed by atoms with Crippen molar-refractivity contribution in [2.75, 3.05) is 84.7 Å². The number of esters is 7. The number of hydrogen-bond donors (Lipinski definition) is 5. The van der Waals surface area contributed by atoms with Gasteiger partial charge in [0, 0.05) is 165 Å². The van der Waals surface area contributed by atoms with Gasteiger partial charge >= 0.3 is 41.8 Å². The molecule has 0 spiro atoms. The third kappa shape index (κ3) is 44.5. The van der Waals surface area contributed by atoms with Crippen LogP contribution in [0.2, 0.25) is 0 Å². The highest BCUT2D eigenvalue weighted by atomic mass is 32.9. The minimum Gasteiger partial charge on any atom is -0.463 e. The maximum Gasteiger partial charge on any atom is 0.307 e. The molecule has 7 unspecified atom stereocenters. The molecule has 3 aliphatic heterocycles. The second kappa shape index (κ2) is 59.6. The van der Waals surface area contributed by atoms with Gasteiger partial charge in [-0.1, -0.05) is 91.2 Å². The molecule has 3 saturated heterocycles. The summed E-state index contributed by atoms with van der Waals surface area (Å²) < 4.78 is 74.8. The largest absolute Gasteiger partial charge is 0.463 e. The van der Waals surface area contributed by atoms with Crippen LogP contribution in [0.4, 0.5) is 0 Å². The van der Waals surface area contributed by atoms with Crippen LogP contribution >= 0.6 is 8.02 Å². The number of hydrogen-bond acceptors (Lipinski definition) is 30. The fourth-order valence-corrected chi connectivity index (χ4v) is 15.6. The lowest BCUT2D eigenvalue weighted by molar-refractivity contribution is -0.262. The zero-order chi connectivity index (χ0) is 88.5. The van der Waals surface area contributed by atoms with Crippen LogP contribution in [0.3, 0.4) is 0 Å². The van der Waals surface area contributed by atoms with Crippen molar-refractivity contribution in [3.63, 3.8) is 0 Å². The Bertz CT molecular complexity index is 3290. The van der Waals surface area contributed by atoms with E-state index in [1.807, 2.05) is 0 Å². The Morgan fingerprint density at radius 1 is 0.412 bits per heavy atom. The highest BCUT2D eigenvalue weighted by Gasteiger charge is 2.50. The van der Waals surface area contributed by atoms with Gasteiger partial charge in [0.2, 0.25) is 35.4 Å². The molecule has 0 aromatic rings. The van der Waals surface area contributed by atoms with Gasteiger partial charge in [-0.25, -0.2) is 0 Å². The smallest absolute Gasteiger partial charge is 0.307 e. The third-order valence-corrected chi connectivity index (χ3v) is 21.6. The normalized spacial score (nSPS) is 22.9. The van der Waals surface area contributed by atoms with Crippen molar-refractivity contribution < 1.29 is 133 Å². The Kier molecular flexibility index (Phi) is 53.1. The number of carbonyl (C=O) groups is 15. The fraction of sp³-hybridized carbons (Fsp3) is 0.815. The Labute approximate surface area is 709 Å². The monoisotopic (exact) mass is 1750 g/mol. The van der Waals surface area contributed by atoms with E-state index in [2.05, 4.69) is 34.6 Å². The number of rotatable bonds is 59. The zero-order valence-corrected chi connectivity index (χ0v) is 74.7.